The number of nitrogens with zero attached hydrogens (tertiary/aromatic N) is 3. The number of anilines is 2. The first-order valence-corrected chi connectivity index (χ1v) is 11.2. The minimum Gasteiger partial charge on any atom is -0.476 e. The van der Waals surface area contributed by atoms with Crippen LogP contribution in [0, 0.1) is 0 Å². The van der Waals surface area contributed by atoms with E-state index in [1.807, 2.05) is 18.2 Å². The molecule has 2 heterocycles. The number of thiophene rings is 1. The molecule has 0 radical (unpaired) electrons. The molecule has 2 aromatic carbocycles. The van der Waals surface area contributed by atoms with Crippen LogP contribution in [0.25, 0.3) is 16.5 Å². The number of hydrogen-bond acceptors (Lipinski definition) is 5. The minimum atomic E-state index is -1.23. The zero-order valence-electron chi connectivity index (χ0n) is 17.9. The molecule has 0 saturated heterocycles. The van der Waals surface area contributed by atoms with Crippen LogP contribution in [0.5, 0.6) is 0 Å². The van der Waals surface area contributed by atoms with Gasteiger partial charge in [0.25, 0.3) is 5.91 Å². The zero-order valence-corrected chi connectivity index (χ0v) is 18.7. The van der Waals surface area contributed by atoms with Crippen molar-refractivity contribution in [2.24, 2.45) is 5.10 Å². The second-order valence-corrected chi connectivity index (χ2v) is 8.30. The number of hydrazone groups is 1. The zero-order chi connectivity index (χ0) is 22.7. The molecule has 0 bridgehead atoms. The van der Waals surface area contributed by atoms with Gasteiger partial charge in [0.2, 0.25) is 0 Å². The quantitative estimate of drug-likeness (QED) is 0.512. The minimum absolute atomic E-state index is 0.0756. The third-order valence-electron chi connectivity index (χ3n) is 5.28. The molecule has 3 aromatic rings. The number of para-hydroxylation sites is 1. The lowest BCUT2D eigenvalue weighted by Gasteiger charge is -2.21. The van der Waals surface area contributed by atoms with Crippen LogP contribution in [0.4, 0.5) is 11.4 Å². The van der Waals surface area contributed by atoms with Gasteiger partial charge in [0.1, 0.15) is 0 Å². The molecule has 0 atom stereocenters. The lowest BCUT2D eigenvalue weighted by atomic mass is 10.1. The van der Waals surface area contributed by atoms with Gasteiger partial charge in [-0.25, -0.2) is 4.79 Å². The first-order valence-electron chi connectivity index (χ1n) is 10.4. The van der Waals surface area contributed by atoms with Crippen LogP contribution >= 0.6 is 11.3 Å². The molecule has 1 aliphatic heterocycles. The van der Waals surface area contributed by atoms with E-state index >= 15 is 0 Å². The van der Waals surface area contributed by atoms with Crippen LogP contribution in [-0.2, 0) is 9.59 Å². The Kier molecular flexibility index (Phi) is 6.18. The van der Waals surface area contributed by atoms with E-state index < -0.39 is 11.9 Å². The van der Waals surface area contributed by atoms with E-state index in [0.29, 0.717) is 5.69 Å². The molecular formula is C25H23N3O3S. The van der Waals surface area contributed by atoms with E-state index in [-0.39, 0.29) is 11.3 Å². The standard InChI is InChI=1S/C25H23N3O3S/c1-3-27(4-2)18-12-10-17(11-13-18)22-15-14-20(32-22)16-21-23(25(30)31)26-28(24(21)29)19-8-6-5-7-9-19/h5-16H,3-4H2,1-2H3,(H,30,31)/b21-16-. The first kappa shape index (κ1) is 21.5. The van der Waals surface area contributed by atoms with Crippen molar-refractivity contribution in [1.29, 1.82) is 0 Å². The molecule has 0 spiro atoms. The Bertz CT molecular complexity index is 1190. The van der Waals surface area contributed by atoms with E-state index in [0.717, 1.165) is 33.4 Å². The Hall–Kier alpha value is -3.71. The number of benzene rings is 2. The molecule has 0 fully saturated rings. The summed E-state index contributed by atoms with van der Waals surface area (Å²) in [5.74, 6) is -1.68. The molecule has 0 saturated carbocycles. The average Bonchev–Trinajstić information content (AvgIpc) is 3.41. The number of carboxylic acid groups (broad SMARTS) is 1. The fourth-order valence-electron chi connectivity index (χ4n) is 3.60. The fourth-order valence-corrected chi connectivity index (χ4v) is 4.56. The third-order valence-corrected chi connectivity index (χ3v) is 6.36. The van der Waals surface area contributed by atoms with Gasteiger partial charge in [-0.2, -0.15) is 10.1 Å². The van der Waals surface area contributed by atoms with Crippen molar-refractivity contribution in [1.82, 2.24) is 0 Å². The highest BCUT2D eigenvalue weighted by Gasteiger charge is 2.35. The fraction of sp³-hybridized carbons (Fsp3) is 0.160. The van der Waals surface area contributed by atoms with Gasteiger partial charge < -0.3 is 10.0 Å². The molecule has 4 rings (SSSR count). The lowest BCUT2D eigenvalue weighted by molar-refractivity contribution is -0.129. The van der Waals surface area contributed by atoms with Gasteiger partial charge in [0.15, 0.2) is 5.71 Å². The molecule has 1 N–H and O–H groups in total. The maximum atomic E-state index is 12.9. The van der Waals surface area contributed by atoms with Crippen molar-refractivity contribution >= 4 is 46.4 Å². The van der Waals surface area contributed by atoms with E-state index in [2.05, 4.69) is 48.1 Å². The maximum absolute atomic E-state index is 12.9. The van der Waals surface area contributed by atoms with Crippen molar-refractivity contribution in [3.05, 3.63) is 77.2 Å². The Morgan fingerprint density at radius 3 is 2.34 bits per heavy atom. The summed E-state index contributed by atoms with van der Waals surface area (Å²) in [6, 6.07) is 21.1. The summed E-state index contributed by atoms with van der Waals surface area (Å²) in [6.45, 7) is 6.17. The van der Waals surface area contributed by atoms with Crippen molar-refractivity contribution < 1.29 is 14.7 Å². The maximum Gasteiger partial charge on any atom is 0.357 e. The van der Waals surface area contributed by atoms with E-state index in [1.165, 1.54) is 17.0 Å². The highest BCUT2D eigenvalue weighted by molar-refractivity contribution is 7.16. The summed E-state index contributed by atoms with van der Waals surface area (Å²) in [5.41, 5.74) is 2.60. The summed E-state index contributed by atoms with van der Waals surface area (Å²) in [5, 5.41) is 14.8. The summed E-state index contributed by atoms with van der Waals surface area (Å²) < 4.78 is 0. The molecule has 0 unspecified atom stereocenters. The van der Waals surface area contributed by atoms with E-state index in [1.54, 1.807) is 30.3 Å². The monoisotopic (exact) mass is 445 g/mol. The lowest BCUT2D eigenvalue weighted by Crippen LogP contribution is -2.22. The molecule has 6 nitrogen and oxygen atoms in total. The Labute approximate surface area is 190 Å². The predicted octanol–water partition coefficient (Wildman–Crippen LogP) is 5.13. The average molecular weight is 446 g/mol. The van der Waals surface area contributed by atoms with Gasteiger partial charge in [-0.3, -0.25) is 4.79 Å². The summed E-state index contributed by atoms with van der Waals surface area (Å²) >= 11 is 1.50. The number of carboxylic acids is 1. The highest BCUT2D eigenvalue weighted by Crippen LogP contribution is 2.32. The molecule has 162 valence electrons. The smallest absolute Gasteiger partial charge is 0.357 e. The van der Waals surface area contributed by atoms with Crippen LogP contribution in [-0.4, -0.2) is 35.8 Å². The number of amides is 1. The highest BCUT2D eigenvalue weighted by atomic mass is 32.1. The molecular weight excluding hydrogens is 422 g/mol. The second-order valence-electron chi connectivity index (χ2n) is 7.19. The van der Waals surface area contributed by atoms with Crippen molar-refractivity contribution in [2.75, 3.05) is 23.0 Å². The van der Waals surface area contributed by atoms with Crippen LogP contribution in [0.15, 0.2) is 77.4 Å². The van der Waals surface area contributed by atoms with Crippen molar-refractivity contribution in [2.45, 2.75) is 13.8 Å². The number of rotatable bonds is 7. The summed E-state index contributed by atoms with van der Waals surface area (Å²) in [6.07, 6.45) is 1.61. The number of hydrogen-bond donors (Lipinski definition) is 1. The van der Waals surface area contributed by atoms with Gasteiger partial charge in [0, 0.05) is 28.5 Å². The van der Waals surface area contributed by atoms with Crippen LogP contribution in [0.1, 0.15) is 18.7 Å². The largest absolute Gasteiger partial charge is 0.476 e. The number of aliphatic carboxylic acids is 1. The van der Waals surface area contributed by atoms with Gasteiger partial charge in [-0.05, 0) is 61.9 Å². The van der Waals surface area contributed by atoms with E-state index in [9.17, 15) is 14.7 Å². The van der Waals surface area contributed by atoms with Gasteiger partial charge in [0.05, 0.1) is 11.3 Å². The van der Waals surface area contributed by atoms with Gasteiger partial charge in [-0.1, -0.05) is 30.3 Å². The molecule has 1 aromatic heterocycles. The van der Waals surface area contributed by atoms with Crippen molar-refractivity contribution in [3.63, 3.8) is 0 Å². The molecule has 7 heteroatoms. The van der Waals surface area contributed by atoms with E-state index in [4.69, 9.17) is 0 Å². The number of carbonyl (C=O) groups is 2. The normalized spacial score (nSPS) is 14.7. The van der Waals surface area contributed by atoms with Crippen molar-refractivity contribution in [3.8, 4) is 10.4 Å². The SMILES string of the molecule is CCN(CC)c1ccc(-c2ccc(/C=C3\C(=O)N(c4ccccc4)N=C3C(=O)O)s2)cc1. The Balaban J connectivity index is 1.61. The molecule has 0 aliphatic carbocycles. The van der Waals surface area contributed by atoms with Crippen LogP contribution < -0.4 is 9.91 Å². The molecule has 1 amide bonds. The number of carbonyl (C=O) groups excluding carboxylic acids is 1. The molecule has 1 aliphatic rings. The Morgan fingerprint density at radius 2 is 1.72 bits per heavy atom. The second kappa shape index (κ2) is 9.20. The first-order chi connectivity index (χ1) is 15.5. The Morgan fingerprint density at radius 1 is 1.03 bits per heavy atom. The van der Waals surface area contributed by atoms with Gasteiger partial charge in [-0.15, -0.1) is 11.3 Å². The third kappa shape index (κ3) is 4.20. The van der Waals surface area contributed by atoms with Gasteiger partial charge >= 0.3 is 5.97 Å². The molecule has 32 heavy (non-hydrogen) atoms. The topological polar surface area (TPSA) is 73.2 Å². The van der Waals surface area contributed by atoms with Crippen LogP contribution in [0.3, 0.4) is 0 Å². The summed E-state index contributed by atoms with van der Waals surface area (Å²) in [7, 11) is 0. The predicted molar refractivity (Wildman–Crippen MR) is 130 cm³/mol. The van der Waals surface area contributed by atoms with Crippen LogP contribution in [0.2, 0.25) is 0 Å². The summed E-state index contributed by atoms with van der Waals surface area (Å²) in [4.78, 5) is 28.8.